The number of amides is 1. The van der Waals surface area contributed by atoms with E-state index >= 15 is 0 Å². The summed E-state index contributed by atoms with van der Waals surface area (Å²) in [4.78, 5) is 22.5. The third-order valence-corrected chi connectivity index (χ3v) is 9.24. The molecule has 0 fully saturated rings. The van der Waals surface area contributed by atoms with Crippen molar-refractivity contribution in [3.05, 3.63) is 0 Å². The standard InChI is InChI=1S/C31H65N2O5PS/c1-6-8-10-12-13-14-15-16-17-18-19-20-21-23-27-40-29-30(32-31(34)24-22-11-9-7-2)28-38-39(35,36)37-26-25-33(3,4)5/h30H,6-29H2,1-5H3,(H-,32,34,35,36)/p+1/t30-/m0/s1. The summed E-state index contributed by atoms with van der Waals surface area (Å²) in [7, 11) is 1.83. The van der Waals surface area contributed by atoms with E-state index in [1.54, 1.807) is 11.8 Å². The fourth-order valence-corrected chi connectivity index (χ4v) is 6.21. The van der Waals surface area contributed by atoms with Crippen molar-refractivity contribution < 1.29 is 27.8 Å². The maximum atomic E-state index is 12.5. The summed E-state index contributed by atoms with van der Waals surface area (Å²) in [6.07, 6.45) is 23.6. The third-order valence-electron chi connectivity index (χ3n) is 7.04. The first-order valence-corrected chi connectivity index (χ1v) is 19.0. The molecule has 0 radical (unpaired) electrons. The zero-order valence-corrected chi connectivity index (χ0v) is 28.6. The molecule has 9 heteroatoms. The zero-order chi connectivity index (χ0) is 30.0. The Morgan fingerprint density at radius 1 is 0.775 bits per heavy atom. The smallest absolute Gasteiger partial charge is 0.350 e. The lowest BCUT2D eigenvalue weighted by Gasteiger charge is -2.24. The molecule has 0 aromatic carbocycles. The molecule has 0 bridgehead atoms. The van der Waals surface area contributed by atoms with E-state index in [0.717, 1.165) is 37.9 Å². The van der Waals surface area contributed by atoms with Gasteiger partial charge in [-0.05, 0) is 18.6 Å². The number of quaternary nitrogens is 1. The van der Waals surface area contributed by atoms with Gasteiger partial charge >= 0.3 is 7.82 Å². The maximum absolute atomic E-state index is 12.5. The van der Waals surface area contributed by atoms with Gasteiger partial charge in [0.25, 0.3) is 0 Å². The number of nitrogens with one attached hydrogen (secondary N) is 1. The fraction of sp³-hybridized carbons (Fsp3) is 0.968. The minimum atomic E-state index is -4.15. The highest BCUT2D eigenvalue weighted by Crippen LogP contribution is 2.43. The number of unbranched alkanes of at least 4 members (excludes halogenated alkanes) is 16. The second kappa shape index (κ2) is 26.5. The van der Waals surface area contributed by atoms with Crippen LogP contribution in [-0.2, 0) is 18.4 Å². The molecule has 0 rings (SSSR count). The largest absolute Gasteiger partial charge is 0.472 e. The summed E-state index contributed by atoms with van der Waals surface area (Å²) >= 11 is 1.78. The van der Waals surface area contributed by atoms with Gasteiger partial charge in [-0.1, -0.05) is 117 Å². The van der Waals surface area contributed by atoms with Crippen LogP contribution in [-0.4, -0.2) is 73.7 Å². The van der Waals surface area contributed by atoms with Gasteiger partial charge < -0.3 is 14.7 Å². The van der Waals surface area contributed by atoms with Crippen LogP contribution < -0.4 is 5.32 Å². The zero-order valence-electron chi connectivity index (χ0n) is 26.9. The number of nitrogens with zero attached hydrogens (tertiary/aromatic N) is 1. The van der Waals surface area contributed by atoms with Gasteiger partial charge in [0.2, 0.25) is 5.91 Å². The highest BCUT2D eigenvalue weighted by atomic mass is 32.2. The molecule has 40 heavy (non-hydrogen) atoms. The average molecular weight is 610 g/mol. The highest BCUT2D eigenvalue weighted by Gasteiger charge is 2.25. The second-order valence-corrected chi connectivity index (χ2v) is 15.0. The molecule has 0 heterocycles. The van der Waals surface area contributed by atoms with E-state index in [-0.39, 0.29) is 25.2 Å². The van der Waals surface area contributed by atoms with E-state index < -0.39 is 7.82 Å². The summed E-state index contributed by atoms with van der Waals surface area (Å²) in [6, 6.07) is -0.308. The first-order valence-electron chi connectivity index (χ1n) is 16.4. The predicted molar refractivity (Wildman–Crippen MR) is 173 cm³/mol. The van der Waals surface area contributed by atoms with Crippen molar-refractivity contribution in [2.24, 2.45) is 0 Å². The quantitative estimate of drug-likeness (QED) is 0.0483. The Kier molecular flexibility index (Phi) is 26.4. The number of phosphoric acid groups is 1. The molecular weight excluding hydrogens is 543 g/mol. The summed E-state index contributed by atoms with van der Waals surface area (Å²) in [5, 5.41) is 3.02. The molecule has 1 amide bonds. The Morgan fingerprint density at radius 3 is 1.75 bits per heavy atom. The van der Waals surface area contributed by atoms with Gasteiger partial charge in [-0.3, -0.25) is 13.8 Å². The van der Waals surface area contributed by atoms with Crippen molar-refractivity contribution >= 4 is 25.5 Å². The van der Waals surface area contributed by atoms with E-state index in [9.17, 15) is 14.3 Å². The van der Waals surface area contributed by atoms with Crippen molar-refractivity contribution in [3.8, 4) is 0 Å². The number of thioether (sulfide) groups is 1. The molecule has 240 valence electrons. The third kappa shape index (κ3) is 29.4. The van der Waals surface area contributed by atoms with Crippen LogP contribution in [0.5, 0.6) is 0 Å². The van der Waals surface area contributed by atoms with Crippen LogP contribution >= 0.6 is 19.6 Å². The molecule has 7 nitrogen and oxygen atoms in total. The lowest BCUT2D eigenvalue weighted by atomic mass is 10.0. The topological polar surface area (TPSA) is 84.9 Å². The molecule has 1 unspecified atom stereocenters. The number of carbonyl (C=O) groups is 1. The summed E-state index contributed by atoms with van der Waals surface area (Å²) in [5.74, 6) is 1.68. The van der Waals surface area contributed by atoms with Crippen molar-refractivity contribution in [2.75, 3.05) is 52.4 Å². The summed E-state index contributed by atoms with van der Waals surface area (Å²) in [6.45, 7) is 5.14. The fourth-order valence-electron chi connectivity index (χ4n) is 4.42. The average Bonchev–Trinajstić information content (AvgIpc) is 2.88. The lowest BCUT2D eigenvalue weighted by Crippen LogP contribution is -2.40. The first kappa shape index (κ1) is 39.9. The number of hydrogen-bond donors (Lipinski definition) is 2. The Morgan fingerprint density at radius 2 is 1.25 bits per heavy atom. The molecule has 0 aliphatic heterocycles. The summed E-state index contributed by atoms with van der Waals surface area (Å²) in [5.41, 5.74) is 0. The van der Waals surface area contributed by atoms with Gasteiger partial charge in [-0.15, -0.1) is 0 Å². The minimum absolute atomic E-state index is 0.0134. The monoisotopic (exact) mass is 609 g/mol. The van der Waals surface area contributed by atoms with Crippen LogP contribution in [0, 0.1) is 0 Å². The van der Waals surface area contributed by atoms with Crippen LogP contribution in [0.15, 0.2) is 0 Å². The Labute approximate surface area is 252 Å². The molecule has 0 aliphatic rings. The first-order chi connectivity index (χ1) is 19.1. The number of carbonyl (C=O) groups excluding carboxylic acids is 1. The molecule has 2 N–H and O–H groups in total. The molecular formula is C31H66N2O5PS+. The Balaban J connectivity index is 4.14. The van der Waals surface area contributed by atoms with E-state index in [1.165, 1.54) is 83.5 Å². The second-order valence-electron chi connectivity index (χ2n) is 12.4. The number of phosphoric ester groups is 1. The van der Waals surface area contributed by atoms with Crippen LogP contribution in [0.25, 0.3) is 0 Å². The normalized spacial score (nSPS) is 14.2. The minimum Gasteiger partial charge on any atom is -0.350 e. The van der Waals surface area contributed by atoms with E-state index in [2.05, 4.69) is 19.2 Å². The Hall–Kier alpha value is -0.110. The van der Waals surface area contributed by atoms with Crippen LogP contribution in [0.3, 0.4) is 0 Å². The van der Waals surface area contributed by atoms with Gasteiger partial charge in [0, 0.05) is 12.2 Å². The van der Waals surface area contributed by atoms with Gasteiger partial charge in [0.15, 0.2) is 0 Å². The molecule has 0 aromatic heterocycles. The van der Waals surface area contributed by atoms with Crippen LogP contribution in [0.4, 0.5) is 0 Å². The van der Waals surface area contributed by atoms with Crippen molar-refractivity contribution in [2.45, 2.75) is 142 Å². The molecule has 2 atom stereocenters. The predicted octanol–water partition coefficient (Wildman–Crippen LogP) is 8.50. The SMILES string of the molecule is CCCCCCCCCCCCCCCCSC[C@H](COP(=O)(O)OCC[N+](C)(C)C)NC(=O)CCCCCC. The van der Waals surface area contributed by atoms with Gasteiger partial charge in [0.05, 0.1) is 33.8 Å². The Bertz CT molecular complexity index is 633. The highest BCUT2D eigenvalue weighted by molar-refractivity contribution is 7.99. The van der Waals surface area contributed by atoms with Crippen molar-refractivity contribution in [1.82, 2.24) is 5.32 Å². The van der Waals surface area contributed by atoms with Gasteiger partial charge in [-0.25, -0.2) is 4.57 Å². The summed E-state index contributed by atoms with van der Waals surface area (Å²) < 4.78 is 23.4. The van der Waals surface area contributed by atoms with E-state index in [1.807, 2.05) is 21.1 Å². The lowest BCUT2D eigenvalue weighted by molar-refractivity contribution is -0.870. The van der Waals surface area contributed by atoms with Crippen LogP contribution in [0.2, 0.25) is 0 Å². The van der Waals surface area contributed by atoms with Crippen molar-refractivity contribution in [3.63, 3.8) is 0 Å². The van der Waals surface area contributed by atoms with E-state index in [4.69, 9.17) is 9.05 Å². The molecule has 0 spiro atoms. The molecule has 0 aliphatic carbocycles. The number of likely N-dealkylation sites (N-methyl/N-ethyl adjacent to an activating group) is 1. The number of rotatable bonds is 30. The molecule has 0 saturated heterocycles. The number of hydrogen-bond acceptors (Lipinski definition) is 5. The van der Waals surface area contributed by atoms with E-state index in [0.29, 0.717) is 23.2 Å². The van der Waals surface area contributed by atoms with Crippen LogP contribution in [0.1, 0.15) is 136 Å². The molecule has 0 aromatic rings. The molecule has 0 saturated carbocycles. The van der Waals surface area contributed by atoms with Gasteiger partial charge in [0.1, 0.15) is 13.2 Å². The maximum Gasteiger partial charge on any atom is 0.472 e. The van der Waals surface area contributed by atoms with Crippen molar-refractivity contribution in [1.29, 1.82) is 0 Å². The van der Waals surface area contributed by atoms with Gasteiger partial charge in [-0.2, -0.15) is 11.8 Å².